The zero-order valence-electron chi connectivity index (χ0n) is 13.2. The Hall–Kier alpha value is -3.61. The molecule has 128 valence electrons. The molecule has 0 saturated heterocycles. The minimum atomic E-state index is -1.29. The molecule has 25 heavy (non-hydrogen) atoms. The Kier molecular flexibility index (Phi) is 5.52. The van der Waals surface area contributed by atoms with Crippen LogP contribution in [0.25, 0.3) is 6.08 Å². The third-order valence-corrected chi connectivity index (χ3v) is 3.22. The molecule has 0 radical (unpaired) electrons. The molecule has 7 heteroatoms. The number of methoxy groups -OCH3 is 1. The largest absolute Gasteiger partial charge is 0.497 e. The topological polar surface area (TPSA) is 113 Å². The summed E-state index contributed by atoms with van der Waals surface area (Å²) in [7, 11) is 1.53. The van der Waals surface area contributed by atoms with Gasteiger partial charge in [0.05, 0.1) is 18.2 Å². The molecule has 0 aromatic heterocycles. The van der Waals surface area contributed by atoms with Crippen LogP contribution in [-0.2, 0) is 4.79 Å². The zero-order chi connectivity index (χ0) is 18.4. The van der Waals surface area contributed by atoms with Gasteiger partial charge in [-0.15, -0.1) is 0 Å². The summed E-state index contributed by atoms with van der Waals surface area (Å²) in [5, 5.41) is 20.5. The van der Waals surface area contributed by atoms with Gasteiger partial charge < -0.3 is 20.3 Å². The first-order valence-corrected chi connectivity index (χ1v) is 7.14. The van der Waals surface area contributed by atoms with Gasteiger partial charge in [-0.2, -0.15) is 0 Å². The van der Waals surface area contributed by atoms with E-state index in [2.05, 4.69) is 5.32 Å². The van der Waals surface area contributed by atoms with Crippen LogP contribution < -0.4 is 10.1 Å². The van der Waals surface area contributed by atoms with Gasteiger partial charge in [0.2, 0.25) is 5.91 Å². The number of anilines is 1. The van der Waals surface area contributed by atoms with Crippen molar-refractivity contribution in [2.24, 2.45) is 0 Å². The molecule has 3 N–H and O–H groups in total. The van der Waals surface area contributed by atoms with Gasteiger partial charge in [-0.1, -0.05) is 12.1 Å². The molecule has 0 fully saturated rings. The molecule has 0 aliphatic rings. The molecule has 0 heterocycles. The molecule has 1 amide bonds. The smallest absolute Gasteiger partial charge is 0.335 e. The average Bonchev–Trinajstić information content (AvgIpc) is 2.59. The minimum Gasteiger partial charge on any atom is -0.497 e. The Labute approximate surface area is 143 Å². The fourth-order valence-electron chi connectivity index (χ4n) is 2.05. The van der Waals surface area contributed by atoms with Gasteiger partial charge in [0, 0.05) is 11.8 Å². The maximum Gasteiger partial charge on any atom is 0.335 e. The first-order valence-electron chi connectivity index (χ1n) is 7.14. The van der Waals surface area contributed by atoms with Crippen LogP contribution >= 0.6 is 0 Å². The van der Waals surface area contributed by atoms with Crippen molar-refractivity contribution in [1.29, 1.82) is 0 Å². The molecule has 0 saturated carbocycles. The van der Waals surface area contributed by atoms with E-state index in [4.69, 9.17) is 14.9 Å². The number of carboxylic acids is 2. The highest BCUT2D eigenvalue weighted by atomic mass is 16.5. The van der Waals surface area contributed by atoms with Gasteiger partial charge in [-0.25, -0.2) is 9.59 Å². The molecule has 0 atom stereocenters. The van der Waals surface area contributed by atoms with E-state index in [0.717, 1.165) is 11.6 Å². The summed E-state index contributed by atoms with van der Waals surface area (Å²) in [6.45, 7) is 0. The van der Waals surface area contributed by atoms with Crippen molar-refractivity contribution in [2.75, 3.05) is 12.4 Å². The first kappa shape index (κ1) is 17.7. The highest BCUT2D eigenvalue weighted by molar-refractivity contribution is 6.04. The summed E-state index contributed by atoms with van der Waals surface area (Å²) in [6, 6.07) is 10.4. The van der Waals surface area contributed by atoms with Crippen molar-refractivity contribution in [3.63, 3.8) is 0 Å². The monoisotopic (exact) mass is 341 g/mol. The van der Waals surface area contributed by atoms with Gasteiger partial charge in [-0.05, 0) is 42.0 Å². The maximum atomic E-state index is 12.0. The van der Waals surface area contributed by atoms with Crippen LogP contribution in [0.4, 0.5) is 5.69 Å². The molecule has 0 aliphatic heterocycles. The van der Waals surface area contributed by atoms with Crippen LogP contribution in [-0.4, -0.2) is 35.2 Å². The lowest BCUT2D eigenvalue weighted by Crippen LogP contribution is -2.10. The van der Waals surface area contributed by atoms with Crippen LogP contribution in [0.3, 0.4) is 0 Å². The normalized spacial score (nSPS) is 10.4. The predicted molar refractivity (Wildman–Crippen MR) is 91.0 cm³/mol. The molecule has 0 bridgehead atoms. The van der Waals surface area contributed by atoms with E-state index in [0.29, 0.717) is 5.75 Å². The number of carboxylic acid groups (broad SMARTS) is 2. The second-order valence-corrected chi connectivity index (χ2v) is 5.01. The number of ether oxygens (including phenoxy) is 1. The Morgan fingerprint density at radius 3 is 2.20 bits per heavy atom. The first-order chi connectivity index (χ1) is 11.9. The van der Waals surface area contributed by atoms with Crippen molar-refractivity contribution < 1.29 is 29.3 Å². The molecular weight excluding hydrogens is 326 g/mol. The summed E-state index contributed by atoms with van der Waals surface area (Å²) >= 11 is 0. The van der Waals surface area contributed by atoms with E-state index in [1.807, 2.05) is 0 Å². The Morgan fingerprint density at radius 1 is 1.00 bits per heavy atom. The number of amides is 1. The zero-order valence-corrected chi connectivity index (χ0v) is 13.2. The molecule has 0 spiro atoms. The summed E-state index contributed by atoms with van der Waals surface area (Å²) in [5.74, 6) is -2.46. The van der Waals surface area contributed by atoms with E-state index in [1.54, 1.807) is 30.3 Å². The third-order valence-electron chi connectivity index (χ3n) is 3.22. The number of hydrogen-bond donors (Lipinski definition) is 3. The van der Waals surface area contributed by atoms with Crippen molar-refractivity contribution >= 4 is 29.6 Å². The van der Waals surface area contributed by atoms with Crippen molar-refractivity contribution in [2.45, 2.75) is 0 Å². The molecule has 2 aromatic rings. The highest BCUT2D eigenvalue weighted by Gasteiger charge is 2.12. The number of aromatic carboxylic acids is 2. The summed E-state index contributed by atoms with van der Waals surface area (Å²) < 4.78 is 5.08. The highest BCUT2D eigenvalue weighted by Crippen LogP contribution is 2.17. The second-order valence-electron chi connectivity index (χ2n) is 5.01. The molecule has 7 nitrogen and oxygen atoms in total. The lowest BCUT2D eigenvalue weighted by molar-refractivity contribution is -0.111. The van der Waals surface area contributed by atoms with Crippen LogP contribution in [0.1, 0.15) is 26.3 Å². The minimum absolute atomic E-state index is 0.0811. The van der Waals surface area contributed by atoms with Gasteiger partial charge in [0.15, 0.2) is 0 Å². The SMILES string of the molecule is COc1cccc(/C=C/C(=O)Nc2cc(C(=O)O)cc(C(=O)O)c2)c1. The molecule has 0 aliphatic carbocycles. The van der Waals surface area contributed by atoms with E-state index in [-0.39, 0.29) is 16.8 Å². The fourth-order valence-corrected chi connectivity index (χ4v) is 2.05. The Balaban J connectivity index is 2.18. The van der Waals surface area contributed by atoms with Crippen LogP contribution in [0.5, 0.6) is 5.75 Å². The number of benzene rings is 2. The molecular formula is C18H15NO6. The van der Waals surface area contributed by atoms with Gasteiger partial charge in [0.25, 0.3) is 0 Å². The Morgan fingerprint density at radius 2 is 1.64 bits per heavy atom. The van der Waals surface area contributed by atoms with E-state index in [9.17, 15) is 14.4 Å². The Bertz CT molecular complexity index is 824. The van der Waals surface area contributed by atoms with E-state index in [1.165, 1.54) is 25.3 Å². The van der Waals surface area contributed by atoms with Crippen LogP contribution in [0.2, 0.25) is 0 Å². The quantitative estimate of drug-likeness (QED) is 0.696. The number of rotatable bonds is 6. The number of nitrogens with one attached hydrogen (secondary N) is 1. The van der Waals surface area contributed by atoms with Crippen LogP contribution in [0, 0.1) is 0 Å². The summed E-state index contributed by atoms with van der Waals surface area (Å²) in [5.41, 5.74) is 0.358. The fraction of sp³-hybridized carbons (Fsp3) is 0.0556. The van der Waals surface area contributed by atoms with Crippen molar-refractivity contribution in [3.05, 3.63) is 65.2 Å². The predicted octanol–water partition coefficient (Wildman–Crippen LogP) is 2.74. The third kappa shape index (κ3) is 4.93. The maximum absolute atomic E-state index is 12.0. The van der Waals surface area contributed by atoms with Crippen LogP contribution in [0.15, 0.2) is 48.5 Å². The second kappa shape index (κ2) is 7.78. The van der Waals surface area contributed by atoms with E-state index >= 15 is 0 Å². The van der Waals surface area contributed by atoms with Gasteiger partial charge >= 0.3 is 11.9 Å². The standard InChI is InChI=1S/C18H15NO6/c1-25-15-4-2-3-11(7-15)5-6-16(20)19-14-9-12(17(21)22)8-13(10-14)18(23)24/h2-10H,1H3,(H,19,20)(H,21,22)(H,23,24)/b6-5+. The molecule has 2 rings (SSSR count). The number of carbonyl (C=O) groups excluding carboxylic acids is 1. The molecule has 2 aromatic carbocycles. The van der Waals surface area contributed by atoms with Gasteiger partial charge in [-0.3, -0.25) is 4.79 Å². The molecule has 0 unspecified atom stereocenters. The average molecular weight is 341 g/mol. The van der Waals surface area contributed by atoms with Crippen molar-refractivity contribution in [3.8, 4) is 5.75 Å². The number of carbonyl (C=O) groups is 3. The lowest BCUT2D eigenvalue weighted by Gasteiger charge is -2.06. The lowest BCUT2D eigenvalue weighted by atomic mass is 10.1. The van der Waals surface area contributed by atoms with Crippen molar-refractivity contribution in [1.82, 2.24) is 0 Å². The summed E-state index contributed by atoms with van der Waals surface area (Å²) in [4.78, 5) is 34.1. The van der Waals surface area contributed by atoms with Gasteiger partial charge in [0.1, 0.15) is 5.75 Å². The number of hydrogen-bond acceptors (Lipinski definition) is 4. The van der Waals surface area contributed by atoms with E-state index < -0.39 is 17.8 Å². The summed E-state index contributed by atoms with van der Waals surface area (Å²) in [6.07, 6.45) is 2.81.